The van der Waals surface area contributed by atoms with Crippen molar-refractivity contribution in [1.82, 2.24) is 0 Å². The molecule has 5 N–H and O–H groups in total. The summed E-state index contributed by atoms with van der Waals surface area (Å²) in [6.07, 6.45) is -1.41. The summed E-state index contributed by atoms with van der Waals surface area (Å²) < 4.78 is 0. The number of aliphatic hydroxyl groups excluding tert-OH is 1. The molecule has 26 heavy (non-hydrogen) atoms. The Labute approximate surface area is 152 Å². The van der Waals surface area contributed by atoms with E-state index in [1.54, 1.807) is 48.5 Å². The number of benzene rings is 3. The molecule has 0 spiro atoms. The van der Waals surface area contributed by atoms with E-state index in [4.69, 9.17) is 15.9 Å². The minimum atomic E-state index is -1.41. The number of nitrogens with two attached hydrogens (primary N) is 1. The molecule has 5 nitrogen and oxygen atoms in total. The first-order chi connectivity index (χ1) is 12.5. The topological polar surface area (TPSA) is 104 Å². The summed E-state index contributed by atoms with van der Waals surface area (Å²) in [7, 11) is 0. The predicted molar refractivity (Wildman–Crippen MR) is 99.6 cm³/mol. The highest BCUT2D eigenvalue weighted by atomic mass is 16.4. The fourth-order valence-electron chi connectivity index (χ4n) is 2.35. The second kappa shape index (κ2) is 9.36. The van der Waals surface area contributed by atoms with Crippen LogP contribution < -0.4 is 5.73 Å². The van der Waals surface area contributed by atoms with E-state index in [0.29, 0.717) is 5.56 Å². The zero-order valence-corrected chi connectivity index (χ0v) is 14.1. The molecular weight excluding hydrogens is 330 g/mol. The van der Waals surface area contributed by atoms with Gasteiger partial charge in [-0.15, -0.1) is 0 Å². The second-order valence-electron chi connectivity index (χ2n) is 5.63. The molecule has 134 valence electrons. The quantitative estimate of drug-likeness (QED) is 0.578. The van der Waals surface area contributed by atoms with Gasteiger partial charge in [-0.05, 0) is 28.8 Å². The largest absolute Gasteiger partial charge is 0.508 e. The number of carbonyl (C=O) groups is 1. The van der Waals surface area contributed by atoms with Crippen LogP contribution in [0.25, 0.3) is 0 Å². The summed E-state index contributed by atoms with van der Waals surface area (Å²) in [5, 5.41) is 26.7. The van der Waals surface area contributed by atoms with Gasteiger partial charge in [-0.2, -0.15) is 0 Å². The lowest BCUT2D eigenvalue weighted by molar-refractivity contribution is -0.146. The minimum absolute atomic E-state index is 0.182. The van der Waals surface area contributed by atoms with E-state index in [0.717, 1.165) is 11.1 Å². The van der Waals surface area contributed by atoms with Gasteiger partial charge in [-0.25, -0.2) is 4.79 Å². The Balaban J connectivity index is 0.000000197. The van der Waals surface area contributed by atoms with Crippen LogP contribution in [0, 0.1) is 0 Å². The van der Waals surface area contributed by atoms with Crippen LogP contribution in [0.1, 0.15) is 28.8 Å². The predicted octanol–water partition coefficient (Wildman–Crippen LogP) is 3.24. The normalized spacial score (nSPS) is 12.4. The molecule has 5 heteroatoms. The van der Waals surface area contributed by atoms with E-state index >= 15 is 0 Å². The van der Waals surface area contributed by atoms with Crippen LogP contribution in [-0.4, -0.2) is 21.3 Å². The van der Waals surface area contributed by atoms with E-state index < -0.39 is 12.1 Å². The van der Waals surface area contributed by atoms with Crippen LogP contribution in [0.5, 0.6) is 5.75 Å². The first kappa shape index (κ1) is 19.2. The molecule has 0 aliphatic rings. The Kier molecular flexibility index (Phi) is 6.91. The molecule has 0 fully saturated rings. The van der Waals surface area contributed by atoms with Gasteiger partial charge in [0, 0.05) is 0 Å². The molecular formula is C21H21NO4. The van der Waals surface area contributed by atoms with E-state index in [1.165, 1.54) is 0 Å². The number of hydrogen-bond donors (Lipinski definition) is 4. The van der Waals surface area contributed by atoms with Crippen LogP contribution in [0.4, 0.5) is 0 Å². The average molecular weight is 351 g/mol. The third kappa shape index (κ3) is 5.44. The molecule has 0 bridgehead atoms. The van der Waals surface area contributed by atoms with Gasteiger partial charge in [0.05, 0.1) is 6.04 Å². The van der Waals surface area contributed by atoms with Crippen molar-refractivity contribution in [3.8, 4) is 5.75 Å². The van der Waals surface area contributed by atoms with Gasteiger partial charge in [-0.1, -0.05) is 72.8 Å². The standard InChI is InChI=1S/C13H13NO.C8H8O3/c14-13(10-5-2-1-3-6-10)11-7-4-8-12(15)9-11;9-7(8(10)11)6-4-2-1-3-5-6/h1-9,13,15H,14H2;1-5,7,9H,(H,10,11)/t13-;7-/m00/s1. The Hall–Kier alpha value is -3.15. The molecule has 0 aliphatic carbocycles. The highest BCUT2D eigenvalue weighted by Crippen LogP contribution is 2.22. The molecule has 3 rings (SSSR count). The van der Waals surface area contributed by atoms with Gasteiger partial charge in [0.25, 0.3) is 0 Å². The van der Waals surface area contributed by atoms with Crippen molar-refractivity contribution in [2.45, 2.75) is 12.1 Å². The number of phenolic OH excluding ortho intramolecular Hbond substituents is 1. The van der Waals surface area contributed by atoms with E-state index in [9.17, 15) is 9.90 Å². The average Bonchev–Trinajstić information content (AvgIpc) is 2.68. The number of carboxylic acid groups (broad SMARTS) is 1. The fraction of sp³-hybridized carbons (Fsp3) is 0.0952. The number of hydrogen-bond acceptors (Lipinski definition) is 4. The molecule has 0 saturated heterocycles. The molecule has 0 saturated carbocycles. The van der Waals surface area contributed by atoms with Gasteiger partial charge in [0.2, 0.25) is 0 Å². The highest BCUT2D eigenvalue weighted by Gasteiger charge is 2.14. The Bertz CT molecular complexity index is 822. The summed E-state index contributed by atoms with van der Waals surface area (Å²) in [4.78, 5) is 10.2. The number of aliphatic hydroxyl groups is 1. The molecule has 0 aromatic heterocycles. The maximum Gasteiger partial charge on any atom is 0.337 e. The zero-order valence-electron chi connectivity index (χ0n) is 14.1. The van der Waals surface area contributed by atoms with Crippen molar-refractivity contribution >= 4 is 5.97 Å². The van der Waals surface area contributed by atoms with E-state index in [1.807, 2.05) is 36.4 Å². The van der Waals surface area contributed by atoms with Crippen molar-refractivity contribution in [3.63, 3.8) is 0 Å². The molecule has 0 aliphatic heterocycles. The van der Waals surface area contributed by atoms with Gasteiger partial charge in [0.1, 0.15) is 5.75 Å². The maximum atomic E-state index is 10.2. The van der Waals surface area contributed by atoms with Crippen molar-refractivity contribution < 1.29 is 20.1 Å². The Morgan fingerprint density at radius 3 is 1.77 bits per heavy atom. The monoisotopic (exact) mass is 351 g/mol. The van der Waals surface area contributed by atoms with Crippen LogP contribution in [0.15, 0.2) is 84.9 Å². The second-order valence-corrected chi connectivity index (χ2v) is 5.63. The van der Waals surface area contributed by atoms with Gasteiger partial charge in [0.15, 0.2) is 6.10 Å². The number of carboxylic acids is 1. The molecule has 3 aromatic carbocycles. The minimum Gasteiger partial charge on any atom is -0.508 e. The number of rotatable bonds is 4. The molecule has 0 radical (unpaired) electrons. The smallest absolute Gasteiger partial charge is 0.337 e. The lowest BCUT2D eigenvalue weighted by atomic mass is 10.00. The van der Waals surface area contributed by atoms with Crippen LogP contribution >= 0.6 is 0 Å². The zero-order chi connectivity index (χ0) is 18.9. The lowest BCUT2D eigenvalue weighted by Crippen LogP contribution is -2.11. The molecule has 2 atom stereocenters. The van der Waals surface area contributed by atoms with E-state index in [-0.39, 0.29) is 11.8 Å². The van der Waals surface area contributed by atoms with Crippen molar-refractivity contribution in [2.24, 2.45) is 5.73 Å². The summed E-state index contributed by atoms with van der Waals surface area (Å²) in [6.45, 7) is 0. The Morgan fingerprint density at radius 1 is 0.769 bits per heavy atom. The van der Waals surface area contributed by atoms with Crippen molar-refractivity contribution in [2.75, 3.05) is 0 Å². The molecule has 0 amide bonds. The third-order valence-corrected chi connectivity index (χ3v) is 3.74. The first-order valence-corrected chi connectivity index (χ1v) is 8.04. The van der Waals surface area contributed by atoms with Crippen molar-refractivity contribution in [1.29, 1.82) is 0 Å². The summed E-state index contributed by atoms with van der Waals surface area (Å²) >= 11 is 0. The van der Waals surface area contributed by atoms with E-state index in [2.05, 4.69) is 0 Å². The molecule has 3 aromatic rings. The summed E-state index contributed by atoms with van der Waals surface area (Å²) in [5.74, 6) is -0.977. The van der Waals surface area contributed by atoms with Gasteiger partial charge >= 0.3 is 5.97 Å². The first-order valence-electron chi connectivity index (χ1n) is 8.04. The third-order valence-electron chi connectivity index (χ3n) is 3.74. The maximum absolute atomic E-state index is 10.2. The van der Waals surface area contributed by atoms with Crippen LogP contribution in [-0.2, 0) is 4.79 Å². The Morgan fingerprint density at radius 2 is 1.27 bits per heavy atom. The SMILES string of the molecule is N[C@@H](c1ccccc1)c1cccc(O)c1.O=C(O)[C@@H](O)c1ccccc1. The summed E-state index contributed by atoms with van der Waals surface area (Å²) in [5.41, 5.74) is 8.44. The van der Waals surface area contributed by atoms with Crippen LogP contribution in [0.2, 0.25) is 0 Å². The molecule has 0 heterocycles. The summed E-state index contributed by atoms with van der Waals surface area (Å²) in [6, 6.07) is 25.0. The number of aliphatic carboxylic acids is 1. The molecule has 0 unspecified atom stereocenters. The number of aromatic hydroxyl groups is 1. The van der Waals surface area contributed by atoms with Gasteiger partial charge < -0.3 is 21.1 Å². The lowest BCUT2D eigenvalue weighted by Gasteiger charge is -2.12. The fourth-order valence-corrected chi connectivity index (χ4v) is 2.35. The van der Waals surface area contributed by atoms with Crippen LogP contribution in [0.3, 0.4) is 0 Å². The highest BCUT2D eigenvalue weighted by molar-refractivity contribution is 5.73. The van der Waals surface area contributed by atoms with Crippen molar-refractivity contribution in [3.05, 3.63) is 102 Å². The van der Waals surface area contributed by atoms with Gasteiger partial charge in [-0.3, -0.25) is 0 Å². The number of phenols is 1.